The predicted octanol–water partition coefficient (Wildman–Crippen LogP) is 2.18. The number of nitro groups is 1. The lowest BCUT2D eigenvalue weighted by Gasteiger charge is -2.27. The molecule has 1 aliphatic heterocycles. The van der Waals surface area contributed by atoms with Crippen molar-refractivity contribution in [3.8, 4) is 11.5 Å². The maximum Gasteiger partial charge on any atom is 0.271 e. The number of rotatable bonds is 6. The molecule has 0 aliphatic carbocycles. The monoisotopic (exact) mass is 405 g/mol. The summed E-state index contributed by atoms with van der Waals surface area (Å²) in [5, 5.41) is 14.2. The second kappa shape index (κ2) is 8.05. The molecule has 148 valence electrons. The number of nitrogens with one attached hydrogen (secondary N) is 1. The Morgan fingerprint density at radius 1 is 1.14 bits per heavy atom. The Kier molecular flexibility index (Phi) is 5.73. The number of carbonyl (C=O) groups excluding carboxylic acids is 1. The number of hydrogen-bond acceptors (Lipinski definition) is 7. The number of benzene rings is 2. The molecule has 2 aromatic carbocycles. The van der Waals surface area contributed by atoms with Crippen molar-refractivity contribution in [2.75, 3.05) is 26.2 Å². The highest BCUT2D eigenvalue weighted by Gasteiger charge is 2.31. The van der Waals surface area contributed by atoms with Crippen LogP contribution in [0.4, 0.5) is 5.69 Å². The van der Waals surface area contributed by atoms with Gasteiger partial charge in [0.1, 0.15) is 16.4 Å². The van der Waals surface area contributed by atoms with Gasteiger partial charge in [-0.1, -0.05) is 12.1 Å². The third kappa shape index (κ3) is 4.03. The van der Waals surface area contributed by atoms with E-state index in [-0.39, 0.29) is 46.5 Å². The summed E-state index contributed by atoms with van der Waals surface area (Å²) in [6, 6.07) is 9.82. The lowest BCUT2D eigenvalue weighted by atomic mass is 10.1. The van der Waals surface area contributed by atoms with Crippen LogP contribution in [-0.4, -0.2) is 49.6 Å². The van der Waals surface area contributed by atoms with Crippen LogP contribution in [-0.2, 0) is 10.0 Å². The summed E-state index contributed by atoms with van der Waals surface area (Å²) in [6.45, 7) is 2.83. The Hall–Kier alpha value is -2.82. The van der Waals surface area contributed by atoms with Crippen LogP contribution >= 0.6 is 0 Å². The molecule has 10 heteroatoms. The maximum absolute atomic E-state index is 13.1. The second-order valence-corrected chi connectivity index (χ2v) is 8.10. The van der Waals surface area contributed by atoms with Crippen LogP contribution in [0.3, 0.4) is 0 Å². The zero-order valence-corrected chi connectivity index (χ0v) is 15.9. The molecule has 0 bridgehead atoms. The minimum Gasteiger partial charge on any atom is -0.455 e. The minimum atomic E-state index is -4.02. The van der Waals surface area contributed by atoms with Crippen molar-refractivity contribution < 1.29 is 22.9 Å². The van der Waals surface area contributed by atoms with Crippen LogP contribution in [0.15, 0.2) is 47.4 Å². The summed E-state index contributed by atoms with van der Waals surface area (Å²) in [4.78, 5) is 22.0. The molecule has 0 unspecified atom stereocenters. The van der Waals surface area contributed by atoms with Gasteiger partial charge in [-0.25, -0.2) is 8.42 Å². The van der Waals surface area contributed by atoms with E-state index in [4.69, 9.17) is 4.74 Å². The van der Waals surface area contributed by atoms with Gasteiger partial charge in [0.05, 0.1) is 10.5 Å². The van der Waals surface area contributed by atoms with Crippen LogP contribution in [0.25, 0.3) is 0 Å². The lowest BCUT2D eigenvalue weighted by Crippen LogP contribution is -2.46. The molecule has 0 atom stereocenters. The van der Waals surface area contributed by atoms with E-state index in [9.17, 15) is 23.3 Å². The summed E-state index contributed by atoms with van der Waals surface area (Å²) in [7, 11) is -4.02. The van der Waals surface area contributed by atoms with E-state index < -0.39 is 14.9 Å². The number of carbonyl (C=O) groups is 1. The number of nitrogens with zero attached hydrogens (tertiary/aromatic N) is 2. The van der Waals surface area contributed by atoms with E-state index in [2.05, 4.69) is 5.32 Å². The van der Waals surface area contributed by atoms with E-state index in [1.54, 1.807) is 24.3 Å². The minimum absolute atomic E-state index is 0.0715. The molecule has 0 aromatic heterocycles. The molecule has 1 N–H and O–H groups in total. The Bertz CT molecular complexity index is 1020. The molecule has 1 heterocycles. The Labute approximate surface area is 162 Å². The number of ketones is 1. The molecule has 0 radical (unpaired) electrons. The van der Waals surface area contributed by atoms with Crippen molar-refractivity contribution >= 4 is 21.5 Å². The first-order valence-corrected chi connectivity index (χ1v) is 10.0. The number of Topliss-reactive ketones (excluding diaryl/α,β-unsaturated/α-hetero) is 1. The lowest BCUT2D eigenvalue weighted by molar-refractivity contribution is -0.385. The first kappa shape index (κ1) is 19.9. The number of nitro benzene ring substituents is 1. The molecule has 3 rings (SSSR count). The van der Waals surface area contributed by atoms with Gasteiger partial charge in [0, 0.05) is 38.3 Å². The smallest absolute Gasteiger partial charge is 0.271 e. The Morgan fingerprint density at radius 2 is 1.82 bits per heavy atom. The third-order valence-electron chi connectivity index (χ3n) is 4.32. The number of piperazine rings is 1. The van der Waals surface area contributed by atoms with Gasteiger partial charge in [-0.3, -0.25) is 14.9 Å². The average molecular weight is 405 g/mol. The van der Waals surface area contributed by atoms with Crippen LogP contribution in [0.2, 0.25) is 0 Å². The van der Waals surface area contributed by atoms with Crippen molar-refractivity contribution in [2.45, 2.75) is 11.8 Å². The number of sulfonamides is 1. The normalized spacial score (nSPS) is 15.2. The van der Waals surface area contributed by atoms with Crippen molar-refractivity contribution in [2.24, 2.45) is 0 Å². The summed E-state index contributed by atoms with van der Waals surface area (Å²) in [6.07, 6.45) is 0. The van der Waals surface area contributed by atoms with Gasteiger partial charge in [0.15, 0.2) is 5.78 Å². The van der Waals surface area contributed by atoms with E-state index in [1.165, 1.54) is 23.4 Å². The molecule has 1 saturated heterocycles. The predicted molar refractivity (Wildman–Crippen MR) is 101 cm³/mol. The van der Waals surface area contributed by atoms with Gasteiger partial charge in [-0.2, -0.15) is 4.31 Å². The molecule has 1 fully saturated rings. The van der Waals surface area contributed by atoms with Crippen LogP contribution < -0.4 is 10.1 Å². The molecule has 2 aromatic rings. The van der Waals surface area contributed by atoms with Gasteiger partial charge >= 0.3 is 0 Å². The first-order chi connectivity index (χ1) is 13.3. The number of non-ortho nitro benzene ring substituents is 1. The molecule has 28 heavy (non-hydrogen) atoms. The molecule has 0 spiro atoms. The fraction of sp³-hybridized carbons (Fsp3) is 0.278. The zero-order chi connectivity index (χ0) is 20.3. The Balaban J connectivity index is 2.09. The van der Waals surface area contributed by atoms with Crippen molar-refractivity contribution in [1.82, 2.24) is 9.62 Å². The first-order valence-electron chi connectivity index (χ1n) is 8.58. The average Bonchev–Trinajstić information content (AvgIpc) is 2.69. The van der Waals surface area contributed by atoms with Crippen LogP contribution in [0.5, 0.6) is 11.5 Å². The standard InChI is InChI=1S/C18H19N3O6S/c1-13(22)15-4-2-3-5-16(15)27-17-7-6-14(21(23)24)12-18(17)28(25,26)20-10-8-19-9-11-20/h2-7,12,19H,8-11H2,1H3. The fourth-order valence-corrected chi connectivity index (χ4v) is 4.46. The molecular formula is C18H19N3O6S. The van der Waals surface area contributed by atoms with E-state index in [0.717, 1.165) is 6.07 Å². The molecule has 0 amide bonds. The summed E-state index contributed by atoms with van der Waals surface area (Å²) in [5.41, 5.74) is -0.0766. The summed E-state index contributed by atoms with van der Waals surface area (Å²) < 4.78 is 33.2. The van der Waals surface area contributed by atoms with Gasteiger partial charge in [0.2, 0.25) is 10.0 Å². The number of hydrogen-bond donors (Lipinski definition) is 1. The van der Waals surface area contributed by atoms with Crippen LogP contribution in [0, 0.1) is 10.1 Å². The zero-order valence-electron chi connectivity index (χ0n) is 15.1. The van der Waals surface area contributed by atoms with Gasteiger partial charge in [-0.15, -0.1) is 0 Å². The van der Waals surface area contributed by atoms with Crippen molar-refractivity contribution in [3.05, 3.63) is 58.1 Å². The van der Waals surface area contributed by atoms with E-state index >= 15 is 0 Å². The summed E-state index contributed by atoms with van der Waals surface area (Å²) >= 11 is 0. The molecule has 9 nitrogen and oxygen atoms in total. The number of ether oxygens (including phenoxy) is 1. The van der Waals surface area contributed by atoms with Crippen molar-refractivity contribution in [1.29, 1.82) is 0 Å². The second-order valence-electron chi connectivity index (χ2n) is 6.20. The van der Waals surface area contributed by atoms with Crippen molar-refractivity contribution in [3.63, 3.8) is 0 Å². The summed E-state index contributed by atoms with van der Waals surface area (Å²) in [5.74, 6) is -0.137. The molecule has 0 saturated carbocycles. The van der Waals surface area contributed by atoms with Gasteiger partial charge in [-0.05, 0) is 25.1 Å². The van der Waals surface area contributed by atoms with Gasteiger partial charge < -0.3 is 10.1 Å². The third-order valence-corrected chi connectivity index (χ3v) is 6.24. The fourth-order valence-electron chi connectivity index (χ4n) is 2.88. The van der Waals surface area contributed by atoms with E-state index in [1.807, 2.05) is 0 Å². The Morgan fingerprint density at radius 3 is 2.46 bits per heavy atom. The van der Waals surface area contributed by atoms with Gasteiger partial charge in [0.25, 0.3) is 5.69 Å². The largest absolute Gasteiger partial charge is 0.455 e. The maximum atomic E-state index is 13.1. The highest BCUT2D eigenvalue weighted by molar-refractivity contribution is 7.89. The topological polar surface area (TPSA) is 119 Å². The van der Waals surface area contributed by atoms with E-state index in [0.29, 0.717) is 13.1 Å². The molecular weight excluding hydrogens is 386 g/mol. The molecule has 1 aliphatic rings. The highest BCUT2D eigenvalue weighted by Crippen LogP contribution is 2.35. The quantitative estimate of drug-likeness (QED) is 0.444. The SMILES string of the molecule is CC(=O)c1ccccc1Oc1ccc([N+](=O)[O-])cc1S(=O)(=O)N1CCNCC1. The number of para-hydroxylation sites is 1. The van der Waals surface area contributed by atoms with Crippen LogP contribution in [0.1, 0.15) is 17.3 Å². The highest BCUT2D eigenvalue weighted by atomic mass is 32.2.